The molecule has 1 aromatic heterocycles. The molecule has 1 aromatic carbocycles. The van der Waals surface area contributed by atoms with Crippen LogP contribution in [0.25, 0.3) is 11.1 Å². The zero-order valence-electron chi connectivity index (χ0n) is 10.7. The number of hydrogen-bond donors (Lipinski definition) is 1. The Kier molecular flexibility index (Phi) is 3.84. The molecule has 0 atom stereocenters. The van der Waals surface area contributed by atoms with Crippen LogP contribution in [0.4, 0.5) is 5.88 Å². The van der Waals surface area contributed by atoms with Gasteiger partial charge in [0.1, 0.15) is 5.75 Å². The fourth-order valence-corrected chi connectivity index (χ4v) is 2.54. The SMILES string of the molecule is COc1cc(OC)c(-c2cnoc2N)c(Br)c1OC. The van der Waals surface area contributed by atoms with E-state index in [1.165, 1.54) is 6.20 Å². The van der Waals surface area contributed by atoms with Gasteiger partial charge in [0.25, 0.3) is 0 Å². The first-order valence-corrected chi connectivity index (χ1v) is 6.12. The monoisotopic (exact) mass is 328 g/mol. The third kappa shape index (κ3) is 2.21. The van der Waals surface area contributed by atoms with Gasteiger partial charge in [-0.15, -0.1) is 0 Å². The second kappa shape index (κ2) is 5.40. The number of benzene rings is 1. The number of hydrogen-bond acceptors (Lipinski definition) is 6. The lowest BCUT2D eigenvalue weighted by atomic mass is 10.1. The lowest BCUT2D eigenvalue weighted by Gasteiger charge is -2.16. The van der Waals surface area contributed by atoms with Gasteiger partial charge in [-0.1, -0.05) is 5.16 Å². The molecule has 0 aliphatic heterocycles. The summed E-state index contributed by atoms with van der Waals surface area (Å²) in [4.78, 5) is 0. The van der Waals surface area contributed by atoms with E-state index in [1.807, 2.05) is 0 Å². The number of rotatable bonds is 4. The van der Waals surface area contributed by atoms with Gasteiger partial charge in [-0.3, -0.25) is 0 Å². The molecule has 0 aliphatic carbocycles. The summed E-state index contributed by atoms with van der Waals surface area (Å²) < 4.78 is 21.5. The lowest BCUT2D eigenvalue weighted by molar-refractivity contribution is 0.347. The van der Waals surface area contributed by atoms with E-state index in [-0.39, 0.29) is 5.88 Å². The molecular formula is C12H13BrN2O4. The van der Waals surface area contributed by atoms with Crippen LogP contribution in [0.2, 0.25) is 0 Å². The minimum Gasteiger partial charge on any atom is -0.496 e. The van der Waals surface area contributed by atoms with Crippen LogP contribution in [-0.4, -0.2) is 26.5 Å². The number of methoxy groups -OCH3 is 3. The van der Waals surface area contributed by atoms with Crippen molar-refractivity contribution >= 4 is 21.8 Å². The molecule has 102 valence electrons. The highest BCUT2D eigenvalue weighted by atomic mass is 79.9. The fourth-order valence-electron chi connectivity index (χ4n) is 1.78. The third-order valence-electron chi connectivity index (χ3n) is 2.66. The molecule has 1 heterocycles. The molecule has 0 fully saturated rings. The minimum absolute atomic E-state index is 0.200. The topological polar surface area (TPSA) is 79.7 Å². The van der Waals surface area contributed by atoms with Gasteiger partial charge in [-0.25, -0.2) is 0 Å². The molecule has 2 rings (SSSR count). The van der Waals surface area contributed by atoms with Gasteiger partial charge < -0.3 is 24.5 Å². The quantitative estimate of drug-likeness (QED) is 0.929. The van der Waals surface area contributed by atoms with Gasteiger partial charge in [0, 0.05) is 11.6 Å². The summed E-state index contributed by atoms with van der Waals surface area (Å²) in [5.41, 5.74) is 7.06. The maximum atomic E-state index is 5.75. The van der Waals surface area contributed by atoms with Crippen LogP contribution in [0.5, 0.6) is 17.2 Å². The van der Waals surface area contributed by atoms with Crippen LogP contribution in [0, 0.1) is 0 Å². The van der Waals surface area contributed by atoms with Crippen molar-refractivity contribution in [2.45, 2.75) is 0 Å². The molecule has 0 spiro atoms. The summed E-state index contributed by atoms with van der Waals surface area (Å²) in [6.45, 7) is 0. The van der Waals surface area contributed by atoms with E-state index in [0.29, 0.717) is 32.8 Å². The number of ether oxygens (including phenoxy) is 3. The normalized spacial score (nSPS) is 10.3. The van der Waals surface area contributed by atoms with Gasteiger partial charge >= 0.3 is 0 Å². The summed E-state index contributed by atoms with van der Waals surface area (Å²) in [5.74, 6) is 1.86. The zero-order chi connectivity index (χ0) is 14.0. The average Bonchev–Trinajstić information content (AvgIpc) is 2.83. The van der Waals surface area contributed by atoms with Gasteiger partial charge in [0.2, 0.25) is 5.88 Å². The van der Waals surface area contributed by atoms with Crippen molar-refractivity contribution in [3.05, 3.63) is 16.7 Å². The van der Waals surface area contributed by atoms with Gasteiger partial charge in [0.05, 0.1) is 37.6 Å². The Hall–Kier alpha value is -1.89. The Labute approximate surface area is 118 Å². The average molecular weight is 329 g/mol. The summed E-state index contributed by atoms with van der Waals surface area (Å²) in [6, 6.07) is 1.71. The van der Waals surface area contributed by atoms with Crippen molar-refractivity contribution in [1.29, 1.82) is 0 Å². The number of nitrogen functional groups attached to an aromatic ring is 1. The van der Waals surface area contributed by atoms with E-state index in [9.17, 15) is 0 Å². The zero-order valence-corrected chi connectivity index (χ0v) is 12.3. The molecule has 0 amide bonds. The Morgan fingerprint density at radius 3 is 2.32 bits per heavy atom. The molecule has 0 aliphatic rings. The highest BCUT2D eigenvalue weighted by Crippen LogP contribution is 2.48. The Balaban J connectivity index is 2.76. The van der Waals surface area contributed by atoms with Crippen LogP contribution in [0.3, 0.4) is 0 Å². The van der Waals surface area contributed by atoms with Crippen LogP contribution < -0.4 is 19.9 Å². The van der Waals surface area contributed by atoms with Gasteiger partial charge in [0.15, 0.2) is 11.5 Å². The Morgan fingerprint density at radius 2 is 1.84 bits per heavy atom. The Morgan fingerprint density at radius 1 is 1.16 bits per heavy atom. The number of nitrogens with two attached hydrogens (primary N) is 1. The van der Waals surface area contributed by atoms with E-state index in [0.717, 1.165) is 0 Å². The van der Waals surface area contributed by atoms with Crippen LogP contribution in [-0.2, 0) is 0 Å². The molecule has 6 nitrogen and oxygen atoms in total. The van der Waals surface area contributed by atoms with Crippen LogP contribution in [0.1, 0.15) is 0 Å². The first kappa shape index (κ1) is 13.5. The number of halogens is 1. The molecule has 0 unspecified atom stereocenters. The highest BCUT2D eigenvalue weighted by Gasteiger charge is 2.23. The first-order valence-electron chi connectivity index (χ1n) is 5.33. The second-order valence-electron chi connectivity index (χ2n) is 3.61. The van der Waals surface area contributed by atoms with E-state index in [2.05, 4.69) is 21.1 Å². The van der Waals surface area contributed by atoms with Crippen LogP contribution >= 0.6 is 15.9 Å². The van der Waals surface area contributed by atoms with Gasteiger partial charge in [-0.05, 0) is 15.9 Å². The second-order valence-corrected chi connectivity index (χ2v) is 4.40. The predicted molar refractivity (Wildman–Crippen MR) is 73.7 cm³/mol. The summed E-state index contributed by atoms with van der Waals surface area (Å²) in [7, 11) is 4.66. The standard InChI is InChI=1S/C12H13BrN2O4/c1-16-7-4-8(17-2)11(18-3)10(13)9(7)6-5-15-19-12(6)14/h4-5H,14H2,1-3H3. The highest BCUT2D eigenvalue weighted by molar-refractivity contribution is 9.10. The summed E-state index contributed by atoms with van der Waals surface area (Å²) >= 11 is 3.47. The smallest absolute Gasteiger partial charge is 0.230 e. The molecule has 0 saturated carbocycles. The number of anilines is 1. The molecule has 2 N–H and O–H groups in total. The van der Waals surface area contributed by atoms with Crippen molar-refractivity contribution < 1.29 is 18.7 Å². The Bertz CT molecular complexity index is 598. The molecule has 7 heteroatoms. The largest absolute Gasteiger partial charge is 0.496 e. The molecular weight excluding hydrogens is 316 g/mol. The molecule has 0 bridgehead atoms. The molecule has 0 saturated heterocycles. The summed E-state index contributed by atoms with van der Waals surface area (Å²) in [5, 5.41) is 3.66. The minimum atomic E-state index is 0.200. The predicted octanol–water partition coefficient (Wildman–Crippen LogP) is 2.71. The maximum absolute atomic E-state index is 5.75. The summed E-state index contributed by atoms with van der Waals surface area (Å²) in [6.07, 6.45) is 1.52. The van der Waals surface area contributed by atoms with E-state index >= 15 is 0 Å². The first-order chi connectivity index (χ1) is 9.13. The third-order valence-corrected chi connectivity index (χ3v) is 3.42. The number of aromatic nitrogens is 1. The maximum Gasteiger partial charge on any atom is 0.230 e. The van der Waals surface area contributed by atoms with Crippen molar-refractivity contribution in [3.63, 3.8) is 0 Å². The molecule has 0 radical (unpaired) electrons. The van der Waals surface area contributed by atoms with Crippen molar-refractivity contribution in [2.75, 3.05) is 27.1 Å². The van der Waals surface area contributed by atoms with Crippen molar-refractivity contribution in [1.82, 2.24) is 5.16 Å². The lowest BCUT2D eigenvalue weighted by Crippen LogP contribution is -1.97. The van der Waals surface area contributed by atoms with E-state index < -0.39 is 0 Å². The van der Waals surface area contributed by atoms with Crippen LogP contribution in [0.15, 0.2) is 21.3 Å². The van der Waals surface area contributed by atoms with Gasteiger partial charge in [-0.2, -0.15) is 0 Å². The molecule has 2 aromatic rings. The van der Waals surface area contributed by atoms with Crippen molar-refractivity contribution in [2.24, 2.45) is 0 Å². The fraction of sp³-hybridized carbons (Fsp3) is 0.250. The number of nitrogens with zero attached hydrogens (tertiary/aromatic N) is 1. The van der Waals surface area contributed by atoms with E-state index in [4.69, 9.17) is 24.5 Å². The van der Waals surface area contributed by atoms with E-state index in [1.54, 1.807) is 27.4 Å². The molecule has 19 heavy (non-hydrogen) atoms. The van der Waals surface area contributed by atoms with Crippen molar-refractivity contribution in [3.8, 4) is 28.4 Å².